The zero-order valence-electron chi connectivity index (χ0n) is 12.0. The van der Waals surface area contributed by atoms with Crippen LogP contribution in [0, 0.1) is 5.82 Å². The number of anilines is 3. The van der Waals surface area contributed by atoms with Gasteiger partial charge in [-0.3, -0.25) is 4.79 Å². The van der Waals surface area contributed by atoms with Crippen LogP contribution in [0.5, 0.6) is 0 Å². The zero-order chi connectivity index (χ0) is 16.1. The Bertz CT molecular complexity index is 806. The van der Waals surface area contributed by atoms with E-state index in [0.717, 1.165) is 0 Å². The van der Waals surface area contributed by atoms with E-state index in [1.54, 1.807) is 24.3 Å². The maximum Gasteiger partial charge on any atom is 0.275 e. The van der Waals surface area contributed by atoms with Gasteiger partial charge in [-0.05, 0) is 30.3 Å². The summed E-state index contributed by atoms with van der Waals surface area (Å²) in [5.74, 6) is -0.269. The van der Waals surface area contributed by atoms with Crippen LogP contribution < -0.4 is 10.6 Å². The summed E-state index contributed by atoms with van der Waals surface area (Å²) in [5, 5.41) is 5.64. The van der Waals surface area contributed by atoms with Crippen LogP contribution >= 0.6 is 0 Å². The van der Waals surface area contributed by atoms with Crippen molar-refractivity contribution in [1.29, 1.82) is 0 Å². The van der Waals surface area contributed by atoms with Gasteiger partial charge in [-0.25, -0.2) is 14.4 Å². The highest BCUT2D eigenvalue weighted by Gasteiger charge is 2.08. The van der Waals surface area contributed by atoms with E-state index in [2.05, 4.69) is 20.6 Å². The largest absolute Gasteiger partial charge is 0.339 e. The lowest BCUT2D eigenvalue weighted by Gasteiger charge is -2.07. The highest BCUT2D eigenvalue weighted by Crippen LogP contribution is 2.15. The number of carbonyl (C=O) groups excluding carboxylic acids is 1. The molecule has 5 nitrogen and oxygen atoms in total. The maximum absolute atomic E-state index is 13.1. The normalized spacial score (nSPS) is 10.1. The molecule has 0 fully saturated rings. The van der Waals surface area contributed by atoms with E-state index >= 15 is 0 Å². The number of rotatable bonds is 4. The van der Waals surface area contributed by atoms with Gasteiger partial charge in [0.05, 0.1) is 12.4 Å². The Balaban J connectivity index is 1.68. The number of nitrogens with one attached hydrogen (secondary N) is 2. The third kappa shape index (κ3) is 3.88. The average molecular weight is 308 g/mol. The van der Waals surface area contributed by atoms with Gasteiger partial charge < -0.3 is 10.6 Å². The molecule has 1 aromatic heterocycles. The first kappa shape index (κ1) is 14.6. The Morgan fingerprint density at radius 3 is 2.39 bits per heavy atom. The van der Waals surface area contributed by atoms with Gasteiger partial charge in [0.1, 0.15) is 17.3 Å². The summed E-state index contributed by atoms with van der Waals surface area (Å²) >= 11 is 0. The van der Waals surface area contributed by atoms with Crippen LogP contribution in [0.4, 0.5) is 21.6 Å². The highest BCUT2D eigenvalue weighted by molar-refractivity contribution is 6.02. The van der Waals surface area contributed by atoms with Gasteiger partial charge in [0.25, 0.3) is 5.91 Å². The van der Waals surface area contributed by atoms with Gasteiger partial charge in [0, 0.05) is 11.4 Å². The molecule has 1 heterocycles. The summed E-state index contributed by atoms with van der Waals surface area (Å²) in [6.45, 7) is 0. The smallest absolute Gasteiger partial charge is 0.275 e. The lowest BCUT2D eigenvalue weighted by Crippen LogP contribution is -2.14. The molecule has 1 amide bonds. The van der Waals surface area contributed by atoms with Crippen LogP contribution in [0.3, 0.4) is 0 Å². The Morgan fingerprint density at radius 1 is 0.913 bits per heavy atom. The molecule has 0 atom stereocenters. The summed E-state index contributed by atoms with van der Waals surface area (Å²) in [5.41, 5.74) is 1.43. The molecule has 114 valence electrons. The second-order valence-electron chi connectivity index (χ2n) is 4.74. The molecule has 0 aliphatic carbocycles. The third-order valence-electron chi connectivity index (χ3n) is 3.01. The summed E-state index contributed by atoms with van der Waals surface area (Å²) in [4.78, 5) is 20.2. The van der Waals surface area contributed by atoms with Crippen LogP contribution in [0.2, 0.25) is 0 Å². The van der Waals surface area contributed by atoms with Crippen molar-refractivity contribution < 1.29 is 9.18 Å². The van der Waals surface area contributed by atoms with Crippen molar-refractivity contribution in [1.82, 2.24) is 9.97 Å². The van der Waals surface area contributed by atoms with E-state index in [0.29, 0.717) is 17.2 Å². The van der Waals surface area contributed by atoms with Crippen molar-refractivity contribution in [3.63, 3.8) is 0 Å². The van der Waals surface area contributed by atoms with Gasteiger partial charge in [-0.2, -0.15) is 0 Å². The van der Waals surface area contributed by atoms with Crippen molar-refractivity contribution >= 4 is 23.1 Å². The number of aromatic nitrogens is 2. The van der Waals surface area contributed by atoms with Gasteiger partial charge in [0.2, 0.25) is 0 Å². The number of carbonyl (C=O) groups is 1. The zero-order valence-corrected chi connectivity index (χ0v) is 12.0. The predicted octanol–water partition coefficient (Wildman–Crippen LogP) is 3.61. The number of halogens is 1. The SMILES string of the molecule is O=C(Nc1ccccc1)c1cnc(Nc2cccc(F)c2)cn1. The Labute approximate surface area is 132 Å². The van der Waals surface area contributed by atoms with Crippen molar-refractivity contribution in [2.45, 2.75) is 0 Å². The first-order chi connectivity index (χ1) is 11.2. The van der Waals surface area contributed by atoms with E-state index in [1.165, 1.54) is 24.5 Å². The highest BCUT2D eigenvalue weighted by atomic mass is 19.1. The minimum Gasteiger partial charge on any atom is -0.339 e. The molecule has 0 radical (unpaired) electrons. The monoisotopic (exact) mass is 308 g/mol. The van der Waals surface area contributed by atoms with Crippen molar-refractivity contribution in [2.24, 2.45) is 0 Å². The minimum absolute atomic E-state index is 0.193. The number of hydrogen-bond acceptors (Lipinski definition) is 4. The number of hydrogen-bond donors (Lipinski definition) is 2. The number of nitrogens with zero attached hydrogens (tertiary/aromatic N) is 2. The Hall–Kier alpha value is -3.28. The fraction of sp³-hybridized carbons (Fsp3) is 0. The minimum atomic E-state index is -0.346. The van der Waals surface area contributed by atoms with Gasteiger partial charge >= 0.3 is 0 Å². The number of benzene rings is 2. The number of amides is 1. The number of para-hydroxylation sites is 1. The Kier molecular flexibility index (Phi) is 4.24. The molecular formula is C17H13FN4O. The maximum atomic E-state index is 13.1. The van der Waals surface area contributed by atoms with E-state index < -0.39 is 0 Å². The van der Waals surface area contributed by atoms with Crippen LogP contribution in [-0.4, -0.2) is 15.9 Å². The molecule has 3 aromatic rings. The molecule has 0 aliphatic rings. The van der Waals surface area contributed by atoms with E-state index in [-0.39, 0.29) is 17.4 Å². The molecule has 6 heteroatoms. The summed E-state index contributed by atoms with van der Waals surface area (Å²) in [6.07, 6.45) is 2.78. The van der Waals surface area contributed by atoms with Crippen LogP contribution in [0.25, 0.3) is 0 Å². The molecule has 0 spiro atoms. The predicted molar refractivity (Wildman–Crippen MR) is 86.1 cm³/mol. The van der Waals surface area contributed by atoms with Gasteiger partial charge in [-0.1, -0.05) is 24.3 Å². The van der Waals surface area contributed by atoms with E-state index in [9.17, 15) is 9.18 Å². The van der Waals surface area contributed by atoms with Crippen LogP contribution in [0.1, 0.15) is 10.5 Å². The van der Waals surface area contributed by atoms with E-state index in [1.807, 2.05) is 18.2 Å². The molecule has 0 unspecified atom stereocenters. The van der Waals surface area contributed by atoms with Crippen LogP contribution in [-0.2, 0) is 0 Å². The Morgan fingerprint density at radius 2 is 1.70 bits per heavy atom. The molecule has 0 bridgehead atoms. The second-order valence-corrected chi connectivity index (χ2v) is 4.74. The van der Waals surface area contributed by atoms with Crippen molar-refractivity contribution in [3.8, 4) is 0 Å². The van der Waals surface area contributed by atoms with E-state index in [4.69, 9.17) is 0 Å². The lowest BCUT2D eigenvalue weighted by atomic mass is 10.3. The molecule has 2 N–H and O–H groups in total. The lowest BCUT2D eigenvalue weighted by molar-refractivity contribution is 0.102. The first-order valence-corrected chi connectivity index (χ1v) is 6.92. The standard InChI is InChI=1S/C17H13FN4O/c18-12-5-4-8-14(9-12)21-16-11-19-15(10-20-16)17(23)22-13-6-2-1-3-7-13/h1-11H,(H,20,21)(H,22,23). The molecule has 0 saturated carbocycles. The fourth-order valence-corrected chi connectivity index (χ4v) is 1.94. The molecule has 2 aromatic carbocycles. The van der Waals surface area contributed by atoms with Gasteiger partial charge in [0.15, 0.2) is 0 Å². The second kappa shape index (κ2) is 6.65. The summed E-state index contributed by atoms with van der Waals surface area (Å²) in [6, 6.07) is 15.1. The topological polar surface area (TPSA) is 66.9 Å². The molecule has 23 heavy (non-hydrogen) atoms. The molecule has 3 rings (SSSR count). The average Bonchev–Trinajstić information content (AvgIpc) is 2.56. The molecule has 0 aliphatic heterocycles. The quantitative estimate of drug-likeness (QED) is 0.772. The molecular weight excluding hydrogens is 295 g/mol. The molecule has 0 saturated heterocycles. The first-order valence-electron chi connectivity index (χ1n) is 6.92. The summed E-state index contributed by atoms with van der Waals surface area (Å²) in [7, 11) is 0. The van der Waals surface area contributed by atoms with Gasteiger partial charge in [-0.15, -0.1) is 0 Å². The van der Waals surface area contributed by atoms with Crippen LogP contribution in [0.15, 0.2) is 67.0 Å². The third-order valence-corrected chi connectivity index (χ3v) is 3.01. The fourth-order valence-electron chi connectivity index (χ4n) is 1.94. The van der Waals surface area contributed by atoms with Crippen molar-refractivity contribution in [2.75, 3.05) is 10.6 Å². The van der Waals surface area contributed by atoms with Crippen molar-refractivity contribution in [3.05, 3.63) is 78.5 Å². The summed E-state index contributed by atoms with van der Waals surface area (Å²) < 4.78 is 13.1.